The predicted octanol–water partition coefficient (Wildman–Crippen LogP) is 3.89. The van der Waals surface area contributed by atoms with Gasteiger partial charge < -0.3 is 15.5 Å². The Balaban J connectivity index is 1.53. The zero-order chi connectivity index (χ0) is 22.5. The lowest BCUT2D eigenvalue weighted by Crippen LogP contribution is -2.58. The van der Waals surface area contributed by atoms with Gasteiger partial charge in [-0.15, -0.1) is 0 Å². The van der Waals surface area contributed by atoms with Crippen LogP contribution in [0, 0.1) is 11.6 Å². The number of hydrogen-bond donors (Lipinski definition) is 2. The molecule has 1 spiro atoms. The quantitative estimate of drug-likeness (QED) is 0.697. The van der Waals surface area contributed by atoms with Gasteiger partial charge in [0, 0.05) is 61.5 Å². The topological polar surface area (TPSA) is 57.3 Å². The van der Waals surface area contributed by atoms with Crippen molar-refractivity contribution in [3.05, 3.63) is 47.8 Å². The Morgan fingerprint density at radius 3 is 2.47 bits per heavy atom. The number of hydrogen-bond acceptors (Lipinski definition) is 4. The number of carbonyl (C=O) groups is 1. The summed E-state index contributed by atoms with van der Waals surface area (Å²) in [5.41, 5.74) is 1.42. The summed E-state index contributed by atoms with van der Waals surface area (Å²) in [6.45, 7) is 2.22. The average Bonchev–Trinajstić information content (AvgIpc) is 3.30. The molecule has 3 fully saturated rings. The van der Waals surface area contributed by atoms with Crippen LogP contribution in [0.2, 0.25) is 0 Å². The van der Waals surface area contributed by atoms with Crippen LogP contribution in [-0.2, 0) is 0 Å². The van der Waals surface area contributed by atoms with E-state index in [4.69, 9.17) is 0 Å². The maximum atomic E-state index is 14.0. The van der Waals surface area contributed by atoms with Gasteiger partial charge in [0.25, 0.3) is 5.91 Å². The van der Waals surface area contributed by atoms with E-state index in [-0.39, 0.29) is 29.5 Å². The van der Waals surface area contributed by atoms with Crippen molar-refractivity contribution in [2.75, 3.05) is 24.5 Å². The van der Waals surface area contributed by atoms with Crippen LogP contribution in [0.1, 0.15) is 42.5 Å². The fourth-order valence-electron chi connectivity index (χ4n) is 5.11. The molecule has 1 amide bonds. The van der Waals surface area contributed by atoms with Crippen molar-refractivity contribution in [1.29, 1.82) is 0 Å². The molecular formula is C23H24F4N4O. The van der Waals surface area contributed by atoms with Crippen LogP contribution < -0.4 is 15.5 Å². The fraction of sp³-hybridized carbons (Fsp3) is 0.478. The number of halogens is 4. The molecule has 0 radical (unpaired) electrons. The third-order valence-electron chi connectivity index (χ3n) is 6.85. The summed E-state index contributed by atoms with van der Waals surface area (Å²) in [7, 11) is 0. The first-order valence-corrected chi connectivity index (χ1v) is 10.9. The molecule has 2 aromatic rings. The van der Waals surface area contributed by atoms with Crippen LogP contribution in [-0.4, -0.2) is 48.0 Å². The van der Waals surface area contributed by atoms with Crippen LogP contribution in [0.3, 0.4) is 0 Å². The van der Waals surface area contributed by atoms with Crippen LogP contribution in [0.15, 0.2) is 30.6 Å². The second-order valence-electron chi connectivity index (χ2n) is 9.14. The van der Waals surface area contributed by atoms with Gasteiger partial charge in [0.1, 0.15) is 11.6 Å². The van der Waals surface area contributed by atoms with Crippen molar-refractivity contribution in [3.63, 3.8) is 0 Å². The van der Waals surface area contributed by atoms with Crippen molar-refractivity contribution in [2.45, 2.75) is 49.6 Å². The molecule has 1 aromatic carbocycles. The minimum absolute atomic E-state index is 0.0328. The summed E-state index contributed by atoms with van der Waals surface area (Å²) >= 11 is 0. The summed E-state index contributed by atoms with van der Waals surface area (Å²) in [5, 5.41) is 6.17. The highest BCUT2D eigenvalue weighted by Crippen LogP contribution is 2.40. The van der Waals surface area contributed by atoms with Gasteiger partial charge in [-0.2, -0.15) is 0 Å². The Morgan fingerprint density at radius 1 is 1.12 bits per heavy atom. The van der Waals surface area contributed by atoms with Crippen LogP contribution in [0.4, 0.5) is 23.2 Å². The van der Waals surface area contributed by atoms with E-state index in [2.05, 4.69) is 15.6 Å². The molecule has 2 aliphatic heterocycles. The summed E-state index contributed by atoms with van der Waals surface area (Å²) < 4.78 is 55.2. The van der Waals surface area contributed by atoms with Gasteiger partial charge in [-0.1, -0.05) is 0 Å². The molecule has 3 aliphatic rings. The SMILES string of the molecule is O=C(N[C@@H]1CCC(F)(F)C1)c1cncc(-c2cc(F)cc(F)c2)c1N1CCC2(CCN2)C1. The minimum Gasteiger partial charge on any atom is -0.368 e. The lowest BCUT2D eigenvalue weighted by Gasteiger charge is -2.40. The normalized spacial score (nSPS) is 26.4. The van der Waals surface area contributed by atoms with Crippen molar-refractivity contribution < 1.29 is 22.4 Å². The fourth-order valence-corrected chi connectivity index (χ4v) is 5.11. The summed E-state index contributed by atoms with van der Waals surface area (Å²) in [5.74, 6) is -4.74. The van der Waals surface area contributed by atoms with Crippen molar-refractivity contribution in [2.24, 2.45) is 0 Å². The number of nitrogens with zero attached hydrogens (tertiary/aromatic N) is 2. The lowest BCUT2D eigenvalue weighted by atomic mass is 9.87. The number of benzene rings is 1. The molecule has 1 aliphatic carbocycles. The highest BCUT2D eigenvalue weighted by atomic mass is 19.3. The van der Waals surface area contributed by atoms with Gasteiger partial charge in [0.15, 0.2) is 0 Å². The molecule has 2 saturated heterocycles. The first-order valence-electron chi connectivity index (χ1n) is 10.9. The highest BCUT2D eigenvalue weighted by molar-refractivity contribution is 6.03. The molecule has 2 N–H and O–H groups in total. The standard InChI is InChI=1S/C23H24F4N4O/c24-15-7-14(8-16(25)9-15)18-11-28-12-19(21(32)30-17-1-2-23(26,27)10-17)20(18)31-6-4-22(13-31)3-5-29-22/h7-9,11-12,17,29H,1-6,10,13H2,(H,30,32)/t17-,22?/m1/s1. The maximum Gasteiger partial charge on any atom is 0.255 e. The molecule has 5 rings (SSSR count). The van der Waals surface area contributed by atoms with E-state index in [0.717, 1.165) is 25.5 Å². The Morgan fingerprint density at radius 2 is 1.88 bits per heavy atom. The Hall–Kier alpha value is -2.68. The zero-order valence-corrected chi connectivity index (χ0v) is 17.4. The first kappa shape index (κ1) is 21.2. The second-order valence-corrected chi connectivity index (χ2v) is 9.14. The summed E-state index contributed by atoms with van der Waals surface area (Å²) in [6, 6.07) is 2.57. The molecule has 1 unspecified atom stereocenters. The van der Waals surface area contributed by atoms with Gasteiger partial charge in [-0.25, -0.2) is 17.6 Å². The van der Waals surface area contributed by atoms with Gasteiger partial charge in [0.2, 0.25) is 5.92 Å². The lowest BCUT2D eigenvalue weighted by molar-refractivity contribution is 0.00711. The van der Waals surface area contributed by atoms with Gasteiger partial charge in [-0.3, -0.25) is 9.78 Å². The molecule has 2 atom stereocenters. The van der Waals surface area contributed by atoms with E-state index < -0.39 is 35.9 Å². The van der Waals surface area contributed by atoms with E-state index in [1.807, 2.05) is 4.90 Å². The minimum atomic E-state index is -2.78. The molecular weight excluding hydrogens is 424 g/mol. The average molecular weight is 448 g/mol. The predicted molar refractivity (Wildman–Crippen MR) is 112 cm³/mol. The van der Waals surface area contributed by atoms with Gasteiger partial charge in [0.05, 0.1) is 11.3 Å². The number of amides is 1. The van der Waals surface area contributed by atoms with E-state index in [9.17, 15) is 22.4 Å². The summed E-state index contributed by atoms with van der Waals surface area (Å²) in [6.07, 6.45) is 4.32. The third-order valence-corrected chi connectivity index (χ3v) is 6.85. The first-order chi connectivity index (χ1) is 15.2. The van der Waals surface area contributed by atoms with Crippen molar-refractivity contribution in [3.8, 4) is 11.1 Å². The van der Waals surface area contributed by atoms with E-state index in [0.29, 0.717) is 24.3 Å². The van der Waals surface area contributed by atoms with Gasteiger partial charge >= 0.3 is 0 Å². The van der Waals surface area contributed by atoms with Crippen molar-refractivity contribution in [1.82, 2.24) is 15.6 Å². The van der Waals surface area contributed by atoms with E-state index in [1.54, 1.807) is 0 Å². The van der Waals surface area contributed by atoms with E-state index in [1.165, 1.54) is 24.5 Å². The molecule has 9 heteroatoms. The number of alkyl halides is 2. The summed E-state index contributed by atoms with van der Waals surface area (Å²) in [4.78, 5) is 19.3. The molecule has 0 bridgehead atoms. The Bertz CT molecular complexity index is 1040. The number of aromatic nitrogens is 1. The number of carbonyl (C=O) groups excluding carboxylic acids is 1. The van der Waals surface area contributed by atoms with Crippen molar-refractivity contribution >= 4 is 11.6 Å². The maximum absolute atomic E-state index is 14.0. The smallest absolute Gasteiger partial charge is 0.255 e. The number of anilines is 1. The van der Waals surface area contributed by atoms with E-state index >= 15 is 0 Å². The second kappa shape index (κ2) is 7.72. The highest BCUT2D eigenvalue weighted by Gasteiger charge is 2.44. The third kappa shape index (κ3) is 3.94. The molecule has 32 heavy (non-hydrogen) atoms. The molecule has 3 heterocycles. The molecule has 1 aromatic heterocycles. The van der Waals surface area contributed by atoms with Crippen LogP contribution in [0.5, 0.6) is 0 Å². The largest absolute Gasteiger partial charge is 0.368 e. The Kier molecular flexibility index (Phi) is 5.11. The number of nitrogens with one attached hydrogen (secondary N) is 2. The monoisotopic (exact) mass is 448 g/mol. The molecule has 170 valence electrons. The van der Waals surface area contributed by atoms with Crippen LogP contribution in [0.25, 0.3) is 11.1 Å². The molecule has 5 nitrogen and oxygen atoms in total. The van der Waals surface area contributed by atoms with Gasteiger partial charge in [-0.05, 0) is 43.5 Å². The number of pyridine rings is 1. The Labute approximate surface area is 183 Å². The number of rotatable bonds is 4. The van der Waals surface area contributed by atoms with Crippen LogP contribution >= 0.6 is 0 Å². The molecule has 1 saturated carbocycles. The zero-order valence-electron chi connectivity index (χ0n) is 17.4.